The van der Waals surface area contributed by atoms with E-state index < -0.39 is 0 Å². The highest BCUT2D eigenvalue weighted by atomic mass is 14.8. The first-order chi connectivity index (χ1) is 6.77. The van der Waals surface area contributed by atoms with Gasteiger partial charge in [0.25, 0.3) is 0 Å². The van der Waals surface area contributed by atoms with Gasteiger partial charge in [-0.15, -0.1) is 0 Å². The fourth-order valence-electron chi connectivity index (χ4n) is 6.06. The summed E-state index contributed by atoms with van der Waals surface area (Å²) in [6, 6.07) is 0.569. The standard InChI is InChI=1S/C13H21N/c14-11-1-2-13-6-8-3-9(7-13)5-10(4-8)12(11)13/h8-12H,1-7,14H2. The van der Waals surface area contributed by atoms with Crippen LogP contribution in [0.4, 0.5) is 0 Å². The zero-order chi connectivity index (χ0) is 9.34. The molecule has 2 N–H and O–H groups in total. The van der Waals surface area contributed by atoms with Crippen LogP contribution in [0.25, 0.3) is 0 Å². The monoisotopic (exact) mass is 191 g/mol. The lowest BCUT2D eigenvalue weighted by atomic mass is 9.46. The van der Waals surface area contributed by atoms with Gasteiger partial charge in [-0.1, -0.05) is 0 Å². The highest BCUT2D eigenvalue weighted by molar-refractivity contribution is 5.11. The van der Waals surface area contributed by atoms with Crippen LogP contribution in [-0.2, 0) is 0 Å². The van der Waals surface area contributed by atoms with Crippen LogP contribution in [0.15, 0.2) is 0 Å². The van der Waals surface area contributed by atoms with E-state index in [9.17, 15) is 0 Å². The van der Waals surface area contributed by atoms with E-state index in [1.807, 2.05) is 0 Å². The Morgan fingerprint density at radius 2 is 1.71 bits per heavy atom. The van der Waals surface area contributed by atoms with Crippen molar-refractivity contribution < 1.29 is 0 Å². The van der Waals surface area contributed by atoms with Gasteiger partial charge in [0.05, 0.1) is 0 Å². The van der Waals surface area contributed by atoms with E-state index >= 15 is 0 Å². The van der Waals surface area contributed by atoms with E-state index in [1.165, 1.54) is 25.7 Å². The second-order valence-electron chi connectivity index (χ2n) is 6.70. The molecular weight excluding hydrogens is 170 g/mol. The van der Waals surface area contributed by atoms with Gasteiger partial charge in [0.2, 0.25) is 0 Å². The summed E-state index contributed by atoms with van der Waals surface area (Å²) in [5.74, 6) is 4.19. The maximum atomic E-state index is 6.33. The summed E-state index contributed by atoms with van der Waals surface area (Å²) in [7, 11) is 0. The van der Waals surface area contributed by atoms with E-state index in [0.29, 0.717) is 6.04 Å². The van der Waals surface area contributed by atoms with Crippen LogP contribution in [0.3, 0.4) is 0 Å². The number of nitrogens with two attached hydrogens (primary N) is 1. The Labute approximate surface area is 86.4 Å². The molecule has 5 saturated carbocycles. The van der Waals surface area contributed by atoms with Crippen LogP contribution < -0.4 is 5.73 Å². The third-order valence-corrected chi connectivity index (χ3v) is 5.98. The van der Waals surface area contributed by atoms with Crippen molar-refractivity contribution in [2.75, 3.05) is 0 Å². The zero-order valence-corrected chi connectivity index (χ0v) is 8.91. The van der Waals surface area contributed by atoms with Crippen molar-refractivity contribution in [3.05, 3.63) is 0 Å². The summed E-state index contributed by atoms with van der Waals surface area (Å²) < 4.78 is 0. The van der Waals surface area contributed by atoms with Crippen LogP contribution in [0.5, 0.6) is 0 Å². The molecule has 78 valence electrons. The van der Waals surface area contributed by atoms with Crippen LogP contribution in [0.1, 0.15) is 44.9 Å². The average Bonchev–Trinajstić information content (AvgIpc) is 2.42. The molecule has 1 nitrogen and oxygen atoms in total. The molecule has 0 aromatic heterocycles. The highest BCUT2D eigenvalue weighted by Gasteiger charge is 2.60. The van der Waals surface area contributed by atoms with Gasteiger partial charge in [0.1, 0.15) is 0 Å². The second kappa shape index (κ2) is 2.37. The summed E-state index contributed by atoms with van der Waals surface area (Å²) in [5, 5.41) is 0. The van der Waals surface area contributed by atoms with Crippen molar-refractivity contribution in [3.8, 4) is 0 Å². The number of rotatable bonds is 0. The van der Waals surface area contributed by atoms with Gasteiger partial charge in [-0.25, -0.2) is 0 Å². The van der Waals surface area contributed by atoms with E-state index in [-0.39, 0.29) is 0 Å². The first-order valence-corrected chi connectivity index (χ1v) is 6.52. The fourth-order valence-corrected chi connectivity index (χ4v) is 6.06. The lowest BCUT2D eigenvalue weighted by molar-refractivity contribution is -0.0948. The summed E-state index contributed by atoms with van der Waals surface area (Å²) in [4.78, 5) is 0. The van der Waals surface area contributed by atoms with E-state index in [2.05, 4.69) is 0 Å². The number of hydrogen-bond donors (Lipinski definition) is 1. The van der Waals surface area contributed by atoms with Gasteiger partial charge < -0.3 is 5.73 Å². The maximum Gasteiger partial charge on any atom is 0.00753 e. The van der Waals surface area contributed by atoms with Gasteiger partial charge in [0, 0.05) is 6.04 Å². The fraction of sp³-hybridized carbons (Fsp3) is 1.00. The summed E-state index contributed by atoms with van der Waals surface area (Å²) >= 11 is 0. The lowest BCUT2D eigenvalue weighted by Crippen LogP contribution is -2.53. The molecule has 5 aliphatic rings. The van der Waals surface area contributed by atoms with Crippen molar-refractivity contribution >= 4 is 0 Å². The Morgan fingerprint density at radius 1 is 1.00 bits per heavy atom. The topological polar surface area (TPSA) is 26.0 Å². The molecule has 1 spiro atoms. The third kappa shape index (κ3) is 0.816. The minimum Gasteiger partial charge on any atom is -0.327 e. The summed E-state index contributed by atoms with van der Waals surface area (Å²) in [6.45, 7) is 0. The Bertz CT molecular complexity index is 258. The maximum absolute atomic E-state index is 6.33. The molecule has 5 rings (SSSR count). The second-order valence-corrected chi connectivity index (χ2v) is 6.70. The molecule has 0 saturated heterocycles. The Morgan fingerprint density at radius 3 is 2.43 bits per heavy atom. The molecule has 0 radical (unpaired) electrons. The zero-order valence-electron chi connectivity index (χ0n) is 8.91. The molecule has 5 aliphatic carbocycles. The predicted molar refractivity (Wildman–Crippen MR) is 56.7 cm³/mol. The molecular formula is C13H21N. The Hall–Kier alpha value is -0.0400. The lowest BCUT2D eigenvalue weighted by Gasteiger charge is -2.60. The van der Waals surface area contributed by atoms with Gasteiger partial charge in [-0.2, -0.15) is 0 Å². The molecule has 14 heavy (non-hydrogen) atoms. The minimum absolute atomic E-state index is 0.569. The van der Waals surface area contributed by atoms with Crippen LogP contribution in [-0.4, -0.2) is 6.04 Å². The highest BCUT2D eigenvalue weighted by Crippen LogP contribution is 2.67. The van der Waals surface area contributed by atoms with Crippen molar-refractivity contribution in [2.24, 2.45) is 34.8 Å². The molecule has 0 amide bonds. The normalized spacial score (nSPS) is 64.5. The van der Waals surface area contributed by atoms with Gasteiger partial charge in [0.15, 0.2) is 0 Å². The molecule has 0 heterocycles. The van der Waals surface area contributed by atoms with Crippen LogP contribution in [0, 0.1) is 29.1 Å². The first kappa shape index (κ1) is 8.15. The number of hydrogen-bond acceptors (Lipinski definition) is 1. The van der Waals surface area contributed by atoms with Crippen molar-refractivity contribution in [3.63, 3.8) is 0 Å². The van der Waals surface area contributed by atoms with Crippen LogP contribution >= 0.6 is 0 Å². The van der Waals surface area contributed by atoms with Gasteiger partial charge in [-0.3, -0.25) is 0 Å². The van der Waals surface area contributed by atoms with Crippen molar-refractivity contribution in [1.29, 1.82) is 0 Å². The smallest absolute Gasteiger partial charge is 0.00753 e. The molecule has 0 aromatic carbocycles. The van der Waals surface area contributed by atoms with Crippen molar-refractivity contribution in [2.45, 2.75) is 51.0 Å². The van der Waals surface area contributed by atoms with E-state index in [4.69, 9.17) is 5.73 Å². The Balaban J connectivity index is 1.79. The van der Waals surface area contributed by atoms with Crippen LogP contribution in [0.2, 0.25) is 0 Å². The molecule has 4 atom stereocenters. The average molecular weight is 191 g/mol. The molecule has 5 fully saturated rings. The largest absolute Gasteiger partial charge is 0.327 e. The summed E-state index contributed by atoms with van der Waals surface area (Å²) in [5.41, 5.74) is 7.09. The molecule has 0 aliphatic heterocycles. The van der Waals surface area contributed by atoms with Crippen molar-refractivity contribution in [1.82, 2.24) is 0 Å². The molecule has 4 unspecified atom stereocenters. The minimum atomic E-state index is 0.569. The predicted octanol–water partition coefficient (Wildman–Crippen LogP) is 2.55. The van der Waals surface area contributed by atoms with E-state index in [0.717, 1.165) is 29.1 Å². The molecule has 1 heteroatoms. The van der Waals surface area contributed by atoms with Gasteiger partial charge >= 0.3 is 0 Å². The quantitative estimate of drug-likeness (QED) is 0.625. The Kier molecular flexibility index (Phi) is 1.38. The molecule has 4 bridgehead atoms. The summed E-state index contributed by atoms with van der Waals surface area (Å²) in [6.07, 6.45) is 10.6. The first-order valence-electron chi connectivity index (χ1n) is 6.52. The SMILES string of the molecule is NC1CCC23CC4CC(CC(C4)C12)C3. The van der Waals surface area contributed by atoms with E-state index in [1.54, 1.807) is 19.3 Å². The molecule has 0 aromatic rings. The third-order valence-electron chi connectivity index (χ3n) is 5.98. The van der Waals surface area contributed by atoms with Gasteiger partial charge in [-0.05, 0) is 74.0 Å².